The summed E-state index contributed by atoms with van der Waals surface area (Å²) < 4.78 is 10.1. The van der Waals surface area contributed by atoms with Crippen LogP contribution >= 0.6 is 0 Å². The van der Waals surface area contributed by atoms with Gasteiger partial charge in [-0.3, -0.25) is 0 Å². The summed E-state index contributed by atoms with van der Waals surface area (Å²) in [6, 6.07) is 5.31. The lowest BCUT2D eigenvalue weighted by molar-refractivity contribution is 0.0169. The van der Waals surface area contributed by atoms with E-state index in [0.717, 1.165) is 5.56 Å². The van der Waals surface area contributed by atoms with Crippen LogP contribution in [0.2, 0.25) is 0 Å². The topological polar surface area (TPSA) is 61.5 Å². The molecule has 16 heavy (non-hydrogen) atoms. The Morgan fingerprint density at radius 2 is 2.19 bits per heavy atom. The first-order chi connectivity index (χ1) is 7.56. The van der Waals surface area contributed by atoms with Gasteiger partial charge in [-0.15, -0.1) is 0 Å². The van der Waals surface area contributed by atoms with Gasteiger partial charge in [0.05, 0.1) is 11.7 Å². The largest absolute Gasteiger partial charge is 0.459 e. The standard InChI is InChI=1S/C12H17NO3/c1-8-5-4-6-10(13)11(8)12(14)16-7-9(2)15-3/h4-6,9H,7,13H2,1-3H3. The van der Waals surface area contributed by atoms with Crippen LogP contribution in [-0.4, -0.2) is 25.8 Å². The van der Waals surface area contributed by atoms with Crippen molar-refractivity contribution in [2.75, 3.05) is 19.5 Å². The van der Waals surface area contributed by atoms with Crippen molar-refractivity contribution in [3.05, 3.63) is 29.3 Å². The molecule has 0 amide bonds. The van der Waals surface area contributed by atoms with Crippen LogP contribution < -0.4 is 5.73 Å². The van der Waals surface area contributed by atoms with Crippen molar-refractivity contribution in [1.29, 1.82) is 0 Å². The third kappa shape index (κ3) is 2.97. The van der Waals surface area contributed by atoms with Gasteiger partial charge in [0.25, 0.3) is 0 Å². The van der Waals surface area contributed by atoms with Crippen molar-refractivity contribution in [3.8, 4) is 0 Å². The van der Waals surface area contributed by atoms with Crippen molar-refractivity contribution < 1.29 is 14.3 Å². The smallest absolute Gasteiger partial charge is 0.340 e. The summed E-state index contributed by atoms with van der Waals surface area (Å²) in [5, 5.41) is 0. The van der Waals surface area contributed by atoms with Gasteiger partial charge < -0.3 is 15.2 Å². The molecule has 4 heteroatoms. The summed E-state index contributed by atoms with van der Waals surface area (Å²) in [5.41, 5.74) is 7.42. The first kappa shape index (κ1) is 12.5. The van der Waals surface area contributed by atoms with E-state index < -0.39 is 5.97 Å². The van der Waals surface area contributed by atoms with E-state index in [0.29, 0.717) is 11.3 Å². The van der Waals surface area contributed by atoms with Gasteiger partial charge in [-0.2, -0.15) is 0 Å². The quantitative estimate of drug-likeness (QED) is 0.624. The molecule has 0 heterocycles. The highest BCUT2D eigenvalue weighted by molar-refractivity contribution is 5.96. The van der Waals surface area contributed by atoms with E-state index in [-0.39, 0.29) is 12.7 Å². The minimum absolute atomic E-state index is 0.116. The average molecular weight is 223 g/mol. The predicted molar refractivity (Wildman–Crippen MR) is 62.3 cm³/mol. The second kappa shape index (κ2) is 5.51. The Morgan fingerprint density at radius 3 is 2.75 bits per heavy atom. The van der Waals surface area contributed by atoms with E-state index in [4.69, 9.17) is 15.2 Å². The fraction of sp³-hybridized carbons (Fsp3) is 0.417. The van der Waals surface area contributed by atoms with Crippen LogP contribution in [0.25, 0.3) is 0 Å². The zero-order chi connectivity index (χ0) is 12.1. The summed E-state index contributed by atoms with van der Waals surface area (Å²) in [7, 11) is 1.57. The van der Waals surface area contributed by atoms with Crippen LogP contribution in [0.5, 0.6) is 0 Å². The second-order valence-corrected chi connectivity index (χ2v) is 3.68. The van der Waals surface area contributed by atoms with Crippen LogP contribution in [0.3, 0.4) is 0 Å². The van der Waals surface area contributed by atoms with Crippen LogP contribution in [0.1, 0.15) is 22.8 Å². The molecule has 1 unspecified atom stereocenters. The lowest BCUT2D eigenvalue weighted by Gasteiger charge is -2.12. The number of benzene rings is 1. The van der Waals surface area contributed by atoms with Crippen molar-refractivity contribution >= 4 is 11.7 Å². The molecule has 1 aromatic rings. The van der Waals surface area contributed by atoms with Crippen molar-refractivity contribution in [2.24, 2.45) is 0 Å². The Morgan fingerprint density at radius 1 is 1.50 bits per heavy atom. The van der Waals surface area contributed by atoms with Gasteiger partial charge in [0.1, 0.15) is 6.61 Å². The molecule has 0 fully saturated rings. The van der Waals surface area contributed by atoms with E-state index in [1.807, 2.05) is 19.9 Å². The minimum Gasteiger partial charge on any atom is -0.459 e. The molecule has 0 aliphatic heterocycles. The van der Waals surface area contributed by atoms with Crippen molar-refractivity contribution in [3.63, 3.8) is 0 Å². The molecule has 0 spiro atoms. The van der Waals surface area contributed by atoms with Gasteiger partial charge in [-0.1, -0.05) is 12.1 Å². The van der Waals surface area contributed by atoms with Gasteiger partial charge in [0.15, 0.2) is 0 Å². The van der Waals surface area contributed by atoms with Gasteiger partial charge in [0, 0.05) is 12.8 Å². The number of carbonyl (C=O) groups excluding carboxylic acids is 1. The van der Waals surface area contributed by atoms with Crippen molar-refractivity contribution in [1.82, 2.24) is 0 Å². The number of ether oxygens (including phenoxy) is 2. The van der Waals surface area contributed by atoms with E-state index in [1.54, 1.807) is 19.2 Å². The Bertz CT molecular complexity index is 356. The molecular weight excluding hydrogens is 206 g/mol. The second-order valence-electron chi connectivity index (χ2n) is 3.68. The molecule has 1 atom stereocenters. The number of methoxy groups -OCH3 is 1. The lowest BCUT2D eigenvalue weighted by atomic mass is 10.1. The normalized spacial score (nSPS) is 12.2. The average Bonchev–Trinajstić information content (AvgIpc) is 2.25. The highest BCUT2D eigenvalue weighted by Gasteiger charge is 2.14. The highest BCUT2D eigenvalue weighted by atomic mass is 16.6. The van der Waals surface area contributed by atoms with E-state index in [9.17, 15) is 4.79 Å². The fourth-order valence-electron chi connectivity index (χ4n) is 1.30. The van der Waals surface area contributed by atoms with Gasteiger partial charge in [-0.25, -0.2) is 4.79 Å². The molecule has 2 N–H and O–H groups in total. The SMILES string of the molecule is COC(C)COC(=O)c1c(C)cccc1N. The van der Waals surface area contributed by atoms with E-state index in [2.05, 4.69) is 0 Å². The predicted octanol–water partition coefficient (Wildman–Crippen LogP) is 1.77. The molecule has 0 aliphatic carbocycles. The summed E-state index contributed by atoms with van der Waals surface area (Å²) >= 11 is 0. The maximum absolute atomic E-state index is 11.7. The number of anilines is 1. The third-order valence-electron chi connectivity index (χ3n) is 2.36. The zero-order valence-electron chi connectivity index (χ0n) is 9.82. The molecule has 4 nitrogen and oxygen atoms in total. The highest BCUT2D eigenvalue weighted by Crippen LogP contribution is 2.17. The maximum Gasteiger partial charge on any atom is 0.340 e. The molecule has 0 bridgehead atoms. The monoisotopic (exact) mass is 223 g/mol. The Kier molecular flexibility index (Phi) is 4.31. The number of nitrogens with two attached hydrogens (primary N) is 1. The van der Waals surface area contributed by atoms with Crippen molar-refractivity contribution in [2.45, 2.75) is 20.0 Å². The van der Waals surface area contributed by atoms with E-state index >= 15 is 0 Å². The van der Waals surface area contributed by atoms with Gasteiger partial charge in [0.2, 0.25) is 0 Å². The number of carbonyl (C=O) groups is 1. The zero-order valence-corrected chi connectivity index (χ0v) is 9.82. The molecule has 0 aliphatic rings. The number of hydrogen-bond donors (Lipinski definition) is 1. The number of esters is 1. The van der Waals surface area contributed by atoms with Crippen LogP contribution in [0.15, 0.2) is 18.2 Å². The molecule has 0 saturated heterocycles. The molecule has 1 aromatic carbocycles. The number of hydrogen-bond acceptors (Lipinski definition) is 4. The molecule has 0 saturated carbocycles. The fourth-order valence-corrected chi connectivity index (χ4v) is 1.30. The summed E-state index contributed by atoms with van der Waals surface area (Å²) in [6.45, 7) is 3.88. The van der Waals surface area contributed by atoms with Crippen LogP contribution in [0.4, 0.5) is 5.69 Å². The number of rotatable bonds is 4. The Labute approximate surface area is 95.3 Å². The summed E-state index contributed by atoms with van der Waals surface area (Å²) in [5.74, 6) is -0.403. The summed E-state index contributed by atoms with van der Waals surface area (Å²) in [6.07, 6.45) is -0.116. The third-order valence-corrected chi connectivity index (χ3v) is 2.36. The summed E-state index contributed by atoms with van der Waals surface area (Å²) in [4.78, 5) is 11.7. The van der Waals surface area contributed by atoms with E-state index in [1.165, 1.54) is 0 Å². The van der Waals surface area contributed by atoms with Crippen LogP contribution in [-0.2, 0) is 9.47 Å². The molecule has 88 valence electrons. The lowest BCUT2D eigenvalue weighted by Crippen LogP contribution is -2.19. The van der Waals surface area contributed by atoms with Crippen LogP contribution in [0, 0.1) is 6.92 Å². The van der Waals surface area contributed by atoms with Gasteiger partial charge >= 0.3 is 5.97 Å². The first-order valence-corrected chi connectivity index (χ1v) is 5.11. The number of nitrogen functional groups attached to an aromatic ring is 1. The molecule has 1 rings (SSSR count). The first-order valence-electron chi connectivity index (χ1n) is 5.11. The minimum atomic E-state index is -0.403. The Balaban J connectivity index is 2.73. The van der Waals surface area contributed by atoms with Gasteiger partial charge in [-0.05, 0) is 25.5 Å². The number of aryl methyl sites for hydroxylation is 1. The maximum atomic E-state index is 11.7. The molecular formula is C12H17NO3. The Hall–Kier alpha value is -1.55. The molecule has 0 radical (unpaired) electrons. The molecule has 0 aromatic heterocycles.